The van der Waals surface area contributed by atoms with Crippen LogP contribution in [0, 0.1) is 23.2 Å². The molecule has 31 heavy (non-hydrogen) atoms. The second kappa shape index (κ2) is 7.60. The van der Waals surface area contributed by atoms with Crippen LogP contribution in [0.1, 0.15) is 65.7 Å². The first-order chi connectivity index (χ1) is 14.7. The Morgan fingerprint density at radius 3 is 2.39 bits per heavy atom. The van der Waals surface area contributed by atoms with Crippen LogP contribution in [0.2, 0.25) is 18.6 Å². The Hall–Kier alpha value is -0.838. The molecule has 6 rings (SSSR count). The van der Waals surface area contributed by atoms with E-state index < -0.39 is 8.07 Å². The second-order valence-electron chi connectivity index (χ2n) is 12.3. The average Bonchev–Trinajstić information content (AvgIpc) is 3.12. The molecule has 1 heterocycles. The summed E-state index contributed by atoms with van der Waals surface area (Å²) in [6, 6.07) is 11.3. The molecule has 0 aromatic heterocycles. The molecule has 0 spiro atoms. The molecule has 1 aliphatic heterocycles. The molecule has 1 saturated heterocycles. The molecule has 4 aliphatic carbocycles. The second-order valence-corrected chi connectivity index (χ2v) is 17.0. The van der Waals surface area contributed by atoms with E-state index in [1.54, 1.807) is 0 Å². The first-order valence-corrected chi connectivity index (χ1v) is 15.8. The molecular weight excluding hydrogens is 395 g/mol. The summed E-state index contributed by atoms with van der Waals surface area (Å²) in [6.45, 7) is 17.1. The lowest BCUT2D eigenvalue weighted by molar-refractivity contribution is -0.199. The third-order valence-electron chi connectivity index (χ3n) is 10.1. The van der Waals surface area contributed by atoms with E-state index in [0.29, 0.717) is 16.9 Å². The van der Waals surface area contributed by atoms with E-state index in [1.807, 2.05) is 0 Å². The molecule has 5 atom stereocenters. The van der Waals surface area contributed by atoms with Crippen LogP contribution >= 0.6 is 0 Å². The third-order valence-corrected chi connectivity index (χ3v) is 14.3. The zero-order valence-electron chi connectivity index (χ0n) is 20.3. The van der Waals surface area contributed by atoms with E-state index >= 15 is 0 Å². The number of allylic oxidation sites excluding steroid dienone is 1. The summed E-state index contributed by atoms with van der Waals surface area (Å²) in [7, 11) is -2.02. The van der Waals surface area contributed by atoms with E-state index in [4.69, 9.17) is 15.9 Å². The fourth-order valence-electron chi connectivity index (χ4n) is 8.04. The van der Waals surface area contributed by atoms with Crippen molar-refractivity contribution in [3.05, 3.63) is 42.4 Å². The van der Waals surface area contributed by atoms with E-state index in [9.17, 15) is 0 Å². The van der Waals surface area contributed by atoms with Gasteiger partial charge >= 0.3 is 7.12 Å². The van der Waals surface area contributed by atoms with Crippen molar-refractivity contribution in [1.29, 1.82) is 0 Å². The maximum atomic E-state index is 6.90. The molecule has 0 radical (unpaired) electrons. The minimum atomic E-state index is -1.79. The van der Waals surface area contributed by atoms with Gasteiger partial charge in [0.15, 0.2) is 0 Å². The number of hydrogen-bond donors (Lipinski definition) is 0. The lowest BCUT2D eigenvalue weighted by Gasteiger charge is -2.64. The summed E-state index contributed by atoms with van der Waals surface area (Å²) in [4.78, 5) is 0. The molecule has 5 aliphatic rings. The molecule has 0 amide bonds. The maximum absolute atomic E-state index is 6.90. The van der Waals surface area contributed by atoms with Gasteiger partial charge in [-0.3, -0.25) is 0 Å². The van der Waals surface area contributed by atoms with Crippen LogP contribution in [0.3, 0.4) is 0 Å². The average molecular weight is 437 g/mol. The molecular formula is C27H41BO2Si. The topological polar surface area (TPSA) is 18.5 Å². The summed E-state index contributed by atoms with van der Waals surface area (Å²) >= 11 is 0. The normalized spacial score (nSPS) is 35.9. The van der Waals surface area contributed by atoms with Crippen LogP contribution in [0.15, 0.2) is 42.4 Å². The Morgan fingerprint density at radius 1 is 1.06 bits per heavy atom. The van der Waals surface area contributed by atoms with Gasteiger partial charge in [0.1, 0.15) is 0 Å². The van der Waals surface area contributed by atoms with Gasteiger partial charge in [-0.15, -0.1) is 6.58 Å². The first-order valence-electron chi connectivity index (χ1n) is 12.7. The number of rotatable bonds is 5. The monoisotopic (exact) mass is 436 g/mol. The van der Waals surface area contributed by atoms with Crippen molar-refractivity contribution in [3.8, 4) is 0 Å². The molecule has 5 fully saturated rings. The summed E-state index contributed by atoms with van der Waals surface area (Å²) < 4.78 is 13.6. The van der Waals surface area contributed by atoms with Crippen molar-refractivity contribution < 1.29 is 9.31 Å². The number of benzene rings is 1. The SMILES string of the molecule is C=C(B1OC2C[C@H]3C[C@H](C3(C)C)[C@@]2(C)O1)[C@H](C1CCCCC1)[Si](C)(C)c1ccccc1. The lowest BCUT2D eigenvalue weighted by Crippen LogP contribution is -2.65. The Labute approximate surface area is 191 Å². The predicted molar refractivity (Wildman–Crippen MR) is 133 cm³/mol. The summed E-state index contributed by atoms with van der Waals surface area (Å²) in [5.74, 6) is 2.11. The Kier molecular flexibility index (Phi) is 5.39. The molecule has 0 N–H and O–H groups in total. The van der Waals surface area contributed by atoms with Crippen molar-refractivity contribution in [1.82, 2.24) is 0 Å². The van der Waals surface area contributed by atoms with Gasteiger partial charge in [-0.2, -0.15) is 0 Å². The van der Waals surface area contributed by atoms with Gasteiger partial charge in [0.25, 0.3) is 0 Å². The van der Waals surface area contributed by atoms with Crippen molar-refractivity contribution in [3.63, 3.8) is 0 Å². The third kappa shape index (κ3) is 3.35. The van der Waals surface area contributed by atoms with Gasteiger partial charge in [-0.05, 0) is 53.9 Å². The van der Waals surface area contributed by atoms with Gasteiger partial charge in [0.05, 0.1) is 19.8 Å². The predicted octanol–water partition coefficient (Wildman–Crippen LogP) is 6.38. The molecule has 4 saturated carbocycles. The molecule has 168 valence electrons. The molecule has 2 nitrogen and oxygen atoms in total. The Morgan fingerprint density at radius 2 is 1.74 bits per heavy atom. The molecule has 1 aromatic rings. The first kappa shape index (κ1) is 22.0. The largest absolute Gasteiger partial charge is 0.489 e. The van der Waals surface area contributed by atoms with Crippen LogP contribution in [-0.4, -0.2) is 26.9 Å². The molecule has 1 unspecified atom stereocenters. The van der Waals surface area contributed by atoms with Crippen LogP contribution in [0.4, 0.5) is 0 Å². The highest BCUT2D eigenvalue weighted by Crippen LogP contribution is 2.66. The molecule has 1 aromatic carbocycles. The van der Waals surface area contributed by atoms with Crippen molar-refractivity contribution >= 4 is 20.4 Å². The van der Waals surface area contributed by atoms with Gasteiger partial charge in [0, 0.05) is 0 Å². The zero-order chi connectivity index (χ0) is 22.0. The van der Waals surface area contributed by atoms with Crippen molar-refractivity contribution in [2.75, 3.05) is 0 Å². The van der Waals surface area contributed by atoms with Crippen LogP contribution in [0.25, 0.3) is 0 Å². The number of hydrogen-bond acceptors (Lipinski definition) is 2. The fourth-order valence-corrected chi connectivity index (χ4v) is 12.0. The molecule has 2 bridgehead atoms. The smallest absolute Gasteiger partial charge is 0.402 e. The molecule has 4 heteroatoms. The van der Waals surface area contributed by atoms with Crippen molar-refractivity contribution in [2.45, 2.75) is 96.1 Å². The van der Waals surface area contributed by atoms with Gasteiger partial charge in [-0.1, -0.05) is 94.6 Å². The Balaban J connectivity index is 1.44. The lowest BCUT2D eigenvalue weighted by atomic mass is 9.43. The van der Waals surface area contributed by atoms with E-state index in [2.05, 4.69) is 64.2 Å². The van der Waals surface area contributed by atoms with E-state index in [0.717, 1.165) is 18.3 Å². The zero-order valence-corrected chi connectivity index (χ0v) is 21.3. The van der Waals surface area contributed by atoms with Gasteiger partial charge in [0.2, 0.25) is 0 Å². The minimum absolute atomic E-state index is 0.151. The van der Waals surface area contributed by atoms with Gasteiger partial charge < -0.3 is 9.31 Å². The van der Waals surface area contributed by atoms with Crippen molar-refractivity contribution in [2.24, 2.45) is 23.2 Å². The minimum Gasteiger partial charge on any atom is -0.402 e. The van der Waals surface area contributed by atoms with Crippen LogP contribution in [0.5, 0.6) is 0 Å². The van der Waals surface area contributed by atoms with Crippen LogP contribution in [-0.2, 0) is 9.31 Å². The van der Waals surface area contributed by atoms with E-state index in [-0.39, 0.29) is 18.8 Å². The Bertz CT molecular complexity index is 831. The maximum Gasteiger partial charge on any atom is 0.489 e. The summed E-state index contributed by atoms with van der Waals surface area (Å²) in [5, 5.41) is 1.54. The highest BCUT2D eigenvalue weighted by Gasteiger charge is 2.68. The summed E-state index contributed by atoms with van der Waals surface area (Å²) in [5.41, 5.74) is 1.98. The summed E-state index contributed by atoms with van der Waals surface area (Å²) in [6.07, 6.45) is 9.46. The highest BCUT2D eigenvalue weighted by atomic mass is 28.3. The van der Waals surface area contributed by atoms with E-state index in [1.165, 1.54) is 49.2 Å². The van der Waals surface area contributed by atoms with Gasteiger partial charge in [-0.25, -0.2) is 0 Å². The quantitative estimate of drug-likeness (QED) is 0.499. The fraction of sp³-hybridized carbons (Fsp3) is 0.704. The van der Waals surface area contributed by atoms with Crippen LogP contribution < -0.4 is 5.19 Å². The highest BCUT2D eigenvalue weighted by molar-refractivity contribution is 6.92. The standard InChI is InChI=1S/C27H41BO2Si/c1-19(28-29-24-18-21-17-23(26(21,2)3)27(24,4)30-28)25(20-13-9-7-10-14-20)31(5,6)22-15-11-8-12-16-22/h8,11-12,15-16,20-21,23-25H,1,7,9-10,13-14,17-18H2,2-6H3/t21-,23-,24?,25-,27-/m1/s1.